The molecule has 35 heavy (non-hydrogen) atoms. The molecule has 0 atom stereocenters. The van der Waals surface area contributed by atoms with Gasteiger partial charge in [0, 0.05) is 17.3 Å². The molecule has 0 amide bonds. The number of aromatic nitrogens is 6. The Morgan fingerprint density at radius 3 is 2.43 bits per heavy atom. The van der Waals surface area contributed by atoms with Crippen molar-refractivity contribution in [1.82, 2.24) is 29.7 Å². The van der Waals surface area contributed by atoms with Crippen molar-refractivity contribution in [2.45, 2.75) is 19.5 Å². The number of rotatable bonds is 4. The van der Waals surface area contributed by atoms with E-state index in [0.29, 0.717) is 11.4 Å². The Hall–Kier alpha value is -4.42. The Morgan fingerprint density at radius 2 is 1.77 bits per heavy atom. The molecule has 178 valence electrons. The minimum Gasteiger partial charge on any atom is -0.384 e. The zero-order valence-corrected chi connectivity index (χ0v) is 17.8. The summed E-state index contributed by atoms with van der Waals surface area (Å²) < 4.78 is 73.4. The first-order chi connectivity index (χ1) is 16.6. The number of hydrogen-bond donors (Lipinski definition) is 1. The van der Waals surface area contributed by atoms with Crippen LogP contribution >= 0.6 is 0 Å². The van der Waals surface area contributed by atoms with Gasteiger partial charge in [0.1, 0.15) is 17.1 Å². The van der Waals surface area contributed by atoms with Gasteiger partial charge >= 0.3 is 6.18 Å². The van der Waals surface area contributed by atoms with Gasteiger partial charge in [-0.2, -0.15) is 23.3 Å². The van der Waals surface area contributed by atoms with Crippen molar-refractivity contribution in [3.8, 4) is 34.1 Å². The quantitative estimate of drug-likeness (QED) is 0.340. The van der Waals surface area contributed by atoms with E-state index in [1.54, 1.807) is 12.1 Å². The standard InChI is InChI=1S/C22H14F5N7O/c1-10-6-11(2-4-14(10)22(25,26)27)15-7-16(18(23)24)34-20(31-15)13(9-30-34)21-32-19(33-35-21)12-3-5-17(28)29-8-12/h2-9,18H,1H3,(H2,28,29). The summed E-state index contributed by atoms with van der Waals surface area (Å²) in [7, 11) is 0. The Labute approximate surface area is 193 Å². The van der Waals surface area contributed by atoms with Crippen LogP contribution in [-0.2, 0) is 6.18 Å². The van der Waals surface area contributed by atoms with Crippen molar-refractivity contribution < 1.29 is 26.5 Å². The van der Waals surface area contributed by atoms with Gasteiger partial charge in [0.05, 0.1) is 17.5 Å². The first-order valence-corrected chi connectivity index (χ1v) is 10.0. The van der Waals surface area contributed by atoms with Crippen LogP contribution in [0.15, 0.2) is 53.3 Å². The van der Waals surface area contributed by atoms with Crippen LogP contribution in [0.5, 0.6) is 0 Å². The lowest BCUT2D eigenvalue weighted by Gasteiger charge is -2.12. The molecule has 1 aromatic carbocycles. The molecule has 8 nitrogen and oxygen atoms in total. The summed E-state index contributed by atoms with van der Waals surface area (Å²) >= 11 is 0. The van der Waals surface area contributed by atoms with Gasteiger partial charge in [-0.25, -0.2) is 23.3 Å². The van der Waals surface area contributed by atoms with Crippen LogP contribution in [0.3, 0.4) is 0 Å². The summed E-state index contributed by atoms with van der Waals surface area (Å²) in [5.74, 6) is 0.436. The maximum atomic E-state index is 13.9. The van der Waals surface area contributed by atoms with Gasteiger partial charge in [0.2, 0.25) is 5.82 Å². The smallest absolute Gasteiger partial charge is 0.384 e. The summed E-state index contributed by atoms with van der Waals surface area (Å²) in [6, 6.07) is 7.57. The number of fused-ring (bicyclic) bond motifs is 1. The molecule has 5 rings (SSSR count). The molecule has 0 aliphatic carbocycles. The lowest BCUT2D eigenvalue weighted by atomic mass is 10.0. The van der Waals surface area contributed by atoms with Crippen molar-refractivity contribution in [2.75, 3.05) is 5.73 Å². The number of anilines is 1. The summed E-state index contributed by atoms with van der Waals surface area (Å²) in [6.07, 6.45) is -4.79. The topological polar surface area (TPSA) is 108 Å². The zero-order chi connectivity index (χ0) is 24.9. The normalized spacial score (nSPS) is 12.1. The van der Waals surface area contributed by atoms with Crippen molar-refractivity contribution in [2.24, 2.45) is 0 Å². The van der Waals surface area contributed by atoms with E-state index in [4.69, 9.17) is 10.3 Å². The fourth-order valence-corrected chi connectivity index (χ4v) is 3.57. The van der Waals surface area contributed by atoms with Gasteiger partial charge in [0.25, 0.3) is 12.3 Å². The molecule has 0 fully saturated rings. The molecule has 0 bridgehead atoms. The van der Waals surface area contributed by atoms with Gasteiger partial charge < -0.3 is 10.3 Å². The van der Waals surface area contributed by atoms with E-state index in [2.05, 4.69) is 25.2 Å². The largest absolute Gasteiger partial charge is 0.416 e. The third-order valence-electron chi connectivity index (χ3n) is 5.25. The molecule has 4 aromatic heterocycles. The summed E-state index contributed by atoms with van der Waals surface area (Å²) in [5, 5.41) is 7.85. The highest BCUT2D eigenvalue weighted by Crippen LogP contribution is 2.35. The Bertz CT molecular complexity index is 1540. The van der Waals surface area contributed by atoms with Gasteiger partial charge in [-0.05, 0) is 42.8 Å². The van der Waals surface area contributed by atoms with Crippen LogP contribution < -0.4 is 5.73 Å². The van der Waals surface area contributed by atoms with Crippen molar-refractivity contribution in [1.29, 1.82) is 0 Å². The molecule has 4 heterocycles. The molecule has 0 aliphatic heterocycles. The number of pyridine rings is 1. The third kappa shape index (κ3) is 4.05. The number of nitrogens with two attached hydrogens (primary N) is 1. The van der Waals surface area contributed by atoms with Gasteiger partial charge in [-0.1, -0.05) is 11.2 Å². The Morgan fingerprint density at radius 1 is 1.00 bits per heavy atom. The molecule has 13 heteroatoms. The van der Waals surface area contributed by atoms with E-state index >= 15 is 0 Å². The molecule has 0 radical (unpaired) electrons. The fraction of sp³-hybridized carbons (Fsp3) is 0.136. The van der Waals surface area contributed by atoms with E-state index < -0.39 is 23.9 Å². The summed E-state index contributed by atoms with van der Waals surface area (Å²) in [6.45, 7) is 1.29. The molecular weight excluding hydrogens is 473 g/mol. The average Bonchev–Trinajstić information content (AvgIpc) is 3.45. The minimum absolute atomic E-state index is 0.0269. The second-order valence-electron chi connectivity index (χ2n) is 7.58. The number of aryl methyl sites for hydroxylation is 1. The molecular formula is C22H14F5N7O. The number of benzene rings is 1. The second kappa shape index (κ2) is 8.11. The molecule has 2 N–H and O–H groups in total. The average molecular weight is 487 g/mol. The highest BCUT2D eigenvalue weighted by Gasteiger charge is 2.32. The zero-order valence-electron chi connectivity index (χ0n) is 17.8. The Kier molecular flexibility index (Phi) is 5.19. The van der Waals surface area contributed by atoms with E-state index in [-0.39, 0.29) is 39.7 Å². The second-order valence-corrected chi connectivity index (χ2v) is 7.58. The lowest BCUT2D eigenvalue weighted by molar-refractivity contribution is -0.138. The highest BCUT2D eigenvalue weighted by atomic mass is 19.4. The highest BCUT2D eigenvalue weighted by molar-refractivity contribution is 5.75. The van der Waals surface area contributed by atoms with Crippen LogP contribution in [0.25, 0.3) is 39.7 Å². The predicted molar refractivity (Wildman–Crippen MR) is 114 cm³/mol. The minimum atomic E-state index is -4.54. The fourth-order valence-electron chi connectivity index (χ4n) is 3.57. The van der Waals surface area contributed by atoms with Crippen LogP contribution in [0, 0.1) is 6.92 Å². The van der Waals surface area contributed by atoms with E-state index in [1.807, 2.05) is 0 Å². The van der Waals surface area contributed by atoms with Crippen molar-refractivity contribution >= 4 is 11.5 Å². The maximum absolute atomic E-state index is 13.9. The molecule has 0 saturated carbocycles. The monoisotopic (exact) mass is 487 g/mol. The Balaban J connectivity index is 1.63. The molecule has 0 aliphatic rings. The van der Waals surface area contributed by atoms with E-state index in [1.165, 1.54) is 31.5 Å². The van der Waals surface area contributed by atoms with Gasteiger partial charge in [0.15, 0.2) is 5.65 Å². The molecule has 5 aromatic rings. The van der Waals surface area contributed by atoms with Gasteiger partial charge in [-0.3, -0.25) is 0 Å². The summed E-state index contributed by atoms with van der Waals surface area (Å²) in [4.78, 5) is 12.6. The number of alkyl halides is 5. The molecule has 0 spiro atoms. The van der Waals surface area contributed by atoms with Crippen LogP contribution in [0.2, 0.25) is 0 Å². The lowest BCUT2D eigenvalue weighted by Crippen LogP contribution is -2.07. The van der Waals surface area contributed by atoms with E-state index in [9.17, 15) is 22.0 Å². The summed E-state index contributed by atoms with van der Waals surface area (Å²) in [5.41, 5.74) is 5.10. The van der Waals surface area contributed by atoms with Crippen molar-refractivity contribution in [3.05, 3.63) is 65.6 Å². The molecule has 0 unspecified atom stereocenters. The van der Waals surface area contributed by atoms with Crippen LogP contribution in [0.4, 0.5) is 27.8 Å². The number of halogens is 5. The first kappa shape index (κ1) is 22.4. The number of nitrogen functional groups attached to an aromatic ring is 1. The third-order valence-corrected chi connectivity index (χ3v) is 5.25. The van der Waals surface area contributed by atoms with Crippen LogP contribution in [-0.4, -0.2) is 29.7 Å². The van der Waals surface area contributed by atoms with Crippen LogP contribution in [0.1, 0.15) is 23.2 Å². The molecule has 0 saturated heterocycles. The van der Waals surface area contributed by atoms with Gasteiger partial charge in [-0.15, -0.1) is 0 Å². The number of nitrogens with zero attached hydrogens (tertiary/aromatic N) is 6. The maximum Gasteiger partial charge on any atom is 0.416 e. The van der Waals surface area contributed by atoms with E-state index in [0.717, 1.165) is 16.6 Å². The SMILES string of the molecule is Cc1cc(-c2cc(C(F)F)n3ncc(-c4nc(-c5ccc(N)nc5)no4)c3n2)ccc1C(F)(F)F. The van der Waals surface area contributed by atoms with Crippen molar-refractivity contribution in [3.63, 3.8) is 0 Å². The predicted octanol–water partition coefficient (Wildman–Crippen LogP) is 5.36. The first-order valence-electron chi connectivity index (χ1n) is 10.0. The number of hydrogen-bond acceptors (Lipinski definition) is 7.